The molecule has 0 unspecified atom stereocenters. The number of pyridine rings is 1. The van der Waals surface area contributed by atoms with Crippen LogP contribution in [0.1, 0.15) is 18.5 Å². The fraction of sp³-hybridized carbons (Fsp3) is 0.615. The van der Waals surface area contributed by atoms with Crippen molar-refractivity contribution >= 4 is 5.82 Å². The molecule has 1 aromatic heterocycles. The van der Waals surface area contributed by atoms with Crippen molar-refractivity contribution in [2.24, 2.45) is 5.73 Å². The highest BCUT2D eigenvalue weighted by Crippen LogP contribution is 2.20. The second-order valence-electron chi connectivity index (χ2n) is 5.12. The Balaban J connectivity index is 1.90. The van der Waals surface area contributed by atoms with Crippen molar-refractivity contribution in [2.75, 3.05) is 37.6 Å². The smallest absolute Gasteiger partial charge is 0.354 e. The van der Waals surface area contributed by atoms with Crippen LogP contribution in [0.15, 0.2) is 18.3 Å². The SMILES string of the molecule is C[C@@H](N)c1ccc(N2CCN(CC(F)(F)F)CC2)nc1. The lowest BCUT2D eigenvalue weighted by Gasteiger charge is -2.35. The molecule has 7 heteroatoms. The predicted octanol–water partition coefficient (Wildman–Crippen LogP) is 1.79. The van der Waals surface area contributed by atoms with Gasteiger partial charge in [0.2, 0.25) is 0 Å². The van der Waals surface area contributed by atoms with Gasteiger partial charge in [-0.25, -0.2) is 4.98 Å². The molecule has 0 amide bonds. The zero-order chi connectivity index (χ0) is 14.8. The van der Waals surface area contributed by atoms with Gasteiger partial charge in [-0.2, -0.15) is 13.2 Å². The largest absolute Gasteiger partial charge is 0.401 e. The summed E-state index contributed by atoms with van der Waals surface area (Å²) in [5, 5.41) is 0. The Hall–Kier alpha value is -1.34. The number of alkyl halides is 3. The molecule has 1 atom stereocenters. The molecule has 1 fully saturated rings. The highest BCUT2D eigenvalue weighted by Gasteiger charge is 2.32. The number of piperazine rings is 1. The molecule has 2 heterocycles. The fourth-order valence-corrected chi connectivity index (χ4v) is 2.24. The lowest BCUT2D eigenvalue weighted by molar-refractivity contribution is -0.146. The van der Waals surface area contributed by atoms with E-state index in [0.717, 1.165) is 11.4 Å². The fourth-order valence-electron chi connectivity index (χ4n) is 2.24. The molecule has 4 nitrogen and oxygen atoms in total. The molecular weight excluding hydrogens is 269 g/mol. The summed E-state index contributed by atoms with van der Waals surface area (Å²) in [7, 11) is 0. The number of aromatic nitrogens is 1. The third-order valence-electron chi connectivity index (χ3n) is 3.40. The molecular formula is C13H19F3N4. The van der Waals surface area contributed by atoms with Crippen molar-refractivity contribution in [3.8, 4) is 0 Å². The van der Waals surface area contributed by atoms with Gasteiger partial charge in [-0.3, -0.25) is 4.90 Å². The average molecular weight is 288 g/mol. The monoisotopic (exact) mass is 288 g/mol. The molecule has 0 bridgehead atoms. The van der Waals surface area contributed by atoms with Crippen LogP contribution in [0.4, 0.5) is 19.0 Å². The summed E-state index contributed by atoms with van der Waals surface area (Å²) in [6, 6.07) is 3.72. The van der Waals surface area contributed by atoms with E-state index in [2.05, 4.69) is 4.98 Å². The summed E-state index contributed by atoms with van der Waals surface area (Å²) in [5.74, 6) is 0.793. The third kappa shape index (κ3) is 4.08. The van der Waals surface area contributed by atoms with E-state index in [1.54, 1.807) is 6.20 Å². The van der Waals surface area contributed by atoms with Crippen LogP contribution < -0.4 is 10.6 Å². The van der Waals surface area contributed by atoms with Gasteiger partial charge in [0.1, 0.15) is 5.82 Å². The Morgan fingerprint density at radius 2 is 1.90 bits per heavy atom. The number of nitrogens with zero attached hydrogens (tertiary/aromatic N) is 3. The summed E-state index contributed by atoms with van der Waals surface area (Å²) in [4.78, 5) is 7.75. The molecule has 0 saturated carbocycles. The number of anilines is 1. The zero-order valence-corrected chi connectivity index (χ0v) is 11.4. The summed E-state index contributed by atoms with van der Waals surface area (Å²) in [6.45, 7) is 2.96. The Bertz CT molecular complexity index is 422. The van der Waals surface area contributed by atoms with Crippen LogP contribution in [0.5, 0.6) is 0 Å². The maximum absolute atomic E-state index is 12.3. The van der Waals surface area contributed by atoms with Crippen molar-refractivity contribution in [3.63, 3.8) is 0 Å². The first-order valence-electron chi connectivity index (χ1n) is 6.61. The molecule has 1 aromatic rings. The quantitative estimate of drug-likeness (QED) is 0.921. The average Bonchev–Trinajstić information content (AvgIpc) is 2.38. The van der Waals surface area contributed by atoms with Crippen LogP contribution in [0, 0.1) is 0 Å². The number of halogens is 3. The first-order chi connectivity index (χ1) is 9.35. The Morgan fingerprint density at radius 1 is 1.25 bits per heavy atom. The second-order valence-corrected chi connectivity index (χ2v) is 5.12. The summed E-state index contributed by atoms with van der Waals surface area (Å²) < 4.78 is 36.9. The van der Waals surface area contributed by atoms with E-state index in [4.69, 9.17) is 5.73 Å². The van der Waals surface area contributed by atoms with Gasteiger partial charge < -0.3 is 10.6 Å². The van der Waals surface area contributed by atoms with Gasteiger partial charge in [0.05, 0.1) is 6.54 Å². The first-order valence-corrected chi connectivity index (χ1v) is 6.61. The third-order valence-corrected chi connectivity index (χ3v) is 3.40. The highest BCUT2D eigenvalue weighted by molar-refractivity contribution is 5.40. The molecule has 0 aliphatic carbocycles. The van der Waals surface area contributed by atoms with E-state index in [1.807, 2.05) is 24.0 Å². The standard InChI is InChI=1S/C13H19F3N4/c1-10(17)11-2-3-12(18-8-11)20-6-4-19(5-7-20)9-13(14,15)16/h2-3,8,10H,4-7,9,17H2,1H3/t10-/m1/s1. The van der Waals surface area contributed by atoms with Crippen LogP contribution in [0.3, 0.4) is 0 Å². The van der Waals surface area contributed by atoms with Crippen molar-refractivity contribution in [2.45, 2.75) is 19.1 Å². The lowest BCUT2D eigenvalue weighted by atomic mass is 10.1. The van der Waals surface area contributed by atoms with Gasteiger partial charge in [0, 0.05) is 38.4 Å². The van der Waals surface area contributed by atoms with Crippen LogP contribution in [-0.4, -0.2) is 48.8 Å². The van der Waals surface area contributed by atoms with E-state index < -0.39 is 12.7 Å². The molecule has 2 N–H and O–H groups in total. The van der Waals surface area contributed by atoms with Crippen LogP contribution in [0.2, 0.25) is 0 Å². The molecule has 2 rings (SSSR count). The molecule has 1 aliphatic rings. The molecule has 1 aliphatic heterocycles. The maximum Gasteiger partial charge on any atom is 0.401 e. The summed E-state index contributed by atoms with van der Waals surface area (Å²) in [5.41, 5.74) is 6.70. The van der Waals surface area contributed by atoms with Gasteiger partial charge in [0.25, 0.3) is 0 Å². The van der Waals surface area contributed by atoms with Crippen LogP contribution >= 0.6 is 0 Å². The molecule has 0 spiro atoms. The van der Waals surface area contributed by atoms with Crippen LogP contribution in [-0.2, 0) is 0 Å². The van der Waals surface area contributed by atoms with Crippen molar-refractivity contribution in [3.05, 3.63) is 23.9 Å². The highest BCUT2D eigenvalue weighted by atomic mass is 19.4. The molecule has 0 radical (unpaired) electrons. The topological polar surface area (TPSA) is 45.4 Å². The maximum atomic E-state index is 12.3. The molecule has 0 aromatic carbocycles. The number of hydrogen-bond donors (Lipinski definition) is 1. The van der Waals surface area contributed by atoms with E-state index >= 15 is 0 Å². The summed E-state index contributed by atoms with van der Waals surface area (Å²) >= 11 is 0. The van der Waals surface area contributed by atoms with E-state index in [0.29, 0.717) is 26.2 Å². The van der Waals surface area contributed by atoms with E-state index in [1.165, 1.54) is 4.90 Å². The lowest BCUT2D eigenvalue weighted by Crippen LogP contribution is -2.49. The first kappa shape index (κ1) is 15.1. The second kappa shape index (κ2) is 5.97. The molecule has 1 saturated heterocycles. The Labute approximate surface area is 116 Å². The Kier molecular flexibility index (Phi) is 4.49. The number of hydrogen-bond acceptors (Lipinski definition) is 4. The number of rotatable bonds is 3. The van der Waals surface area contributed by atoms with Crippen molar-refractivity contribution < 1.29 is 13.2 Å². The Morgan fingerprint density at radius 3 is 2.35 bits per heavy atom. The van der Waals surface area contributed by atoms with Gasteiger partial charge in [-0.1, -0.05) is 6.07 Å². The minimum absolute atomic E-state index is 0.0693. The van der Waals surface area contributed by atoms with E-state index in [9.17, 15) is 13.2 Å². The van der Waals surface area contributed by atoms with Crippen LogP contribution in [0.25, 0.3) is 0 Å². The predicted molar refractivity (Wildman–Crippen MR) is 71.5 cm³/mol. The minimum Gasteiger partial charge on any atom is -0.354 e. The van der Waals surface area contributed by atoms with Gasteiger partial charge >= 0.3 is 6.18 Å². The van der Waals surface area contributed by atoms with Gasteiger partial charge in [-0.15, -0.1) is 0 Å². The van der Waals surface area contributed by atoms with E-state index in [-0.39, 0.29) is 6.04 Å². The summed E-state index contributed by atoms with van der Waals surface area (Å²) in [6.07, 6.45) is -2.40. The molecule has 20 heavy (non-hydrogen) atoms. The minimum atomic E-state index is -4.13. The van der Waals surface area contributed by atoms with Gasteiger partial charge in [-0.05, 0) is 18.6 Å². The normalized spacial score (nSPS) is 19.1. The molecule has 112 valence electrons. The van der Waals surface area contributed by atoms with Gasteiger partial charge in [0.15, 0.2) is 0 Å². The van der Waals surface area contributed by atoms with Crippen molar-refractivity contribution in [1.29, 1.82) is 0 Å². The zero-order valence-electron chi connectivity index (χ0n) is 11.4. The van der Waals surface area contributed by atoms with Crippen molar-refractivity contribution in [1.82, 2.24) is 9.88 Å². The number of nitrogens with two attached hydrogens (primary N) is 1.